The van der Waals surface area contributed by atoms with E-state index >= 15 is 0 Å². The first-order valence-electron chi connectivity index (χ1n) is 5.87. The van der Waals surface area contributed by atoms with Crippen molar-refractivity contribution in [3.63, 3.8) is 0 Å². The van der Waals surface area contributed by atoms with Gasteiger partial charge in [0.2, 0.25) is 0 Å². The van der Waals surface area contributed by atoms with Crippen molar-refractivity contribution in [2.45, 2.75) is 25.4 Å². The predicted octanol–water partition coefficient (Wildman–Crippen LogP) is 1.71. The molecule has 0 aliphatic carbocycles. The van der Waals surface area contributed by atoms with Crippen LogP contribution >= 0.6 is 0 Å². The van der Waals surface area contributed by atoms with E-state index in [0.29, 0.717) is 5.75 Å². The van der Waals surface area contributed by atoms with Crippen LogP contribution in [0.5, 0.6) is 5.75 Å². The number of fused-ring (bicyclic) bond motifs is 1. The molecule has 2 unspecified atom stereocenters. The van der Waals surface area contributed by atoms with Crippen molar-refractivity contribution < 1.29 is 9.13 Å². The summed E-state index contributed by atoms with van der Waals surface area (Å²) in [5.41, 5.74) is 8.08. The summed E-state index contributed by atoms with van der Waals surface area (Å²) < 4.78 is 19.0. The third-order valence-electron chi connectivity index (χ3n) is 3.44. The third kappa shape index (κ3) is 2.03. The molecule has 0 bridgehead atoms. The molecular formula is C13H19FN2O. The summed E-state index contributed by atoms with van der Waals surface area (Å²) in [6.07, 6.45) is 0.908. The molecule has 4 heteroatoms. The quantitative estimate of drug-likeness (QED) is 0.852. The van der Waals surface area contributed by atoms with Gasteiger partial charge in [-0.05, 0) is 32.0 Å². The number of hydrogen-bond donors (Lipinski definition) is 1. The highest BCUT2D eigenvalue weighted by molar-refractivity contribution is 5.45. The first-order valence-corrected chi connectivity index (χ1v) is 5.87. The summed E-state index contributed by atoms with van der Waals surface area (Å²) in [4.78, 5) is 2.16. The van der Waals surface area contributed by atoms with Gasteiger partial charge in [0.15, 0.2) is 11.6 Å². The van der Waals surface area contributed by atoms with Gasteiger partial charge in [-0.15, -0.1) is 0 Å². The van der Waals surface area contributed by atoms with Crippen molar-refractivity contribution in [2.24, 2.45) is 5.73 Å². The molecule has 0 amide bonds. The SMILES string of the molecule is COc1c(F)ccc2c1C(C(C)N)N(C)CC2. The second-order valence-corrected chi connectivity index (χ2v) is 4.69. The summed E-state index contributed by atoms with van der Waals surface area (Å²) in [7, 11) is 3.52. The van der Waals surface area contributed by atoms with Crippen molar-refractivity contribution in [2.75, 3.05) is 20.7 Å². The normalized spacial score (nSPS) is 22.1. The Balaban J connectivity index is 2.59. The van der Waals surface area contributed by atoms with Crippen LogP contribution in [0.4, 0.5) is 4.39 Å². The molecule has 0 aromatic heterocycles. The zero-order valence-electron chi connectivity index (χ0n) is 10.5. The van der Waals surface area contributed by atoms with Crippen LogP contribution in [0.2, 0.25) is 0 Å². The van der Waals surface area contributed by atoms with Gasteiger partial charge in [-0.2, -0.15) is 0 Å². The zero-order chi connectivity index (χ0) is 12.6. The third-order valence-corrected chi connectivity index (χ3v) is 3.44. The number of rotatable bonds is 2. The number of likely N-dealkylation sites (N-methyl/N-ethyl adjacent to an activating group) is 1. The standard InChI is InChI=1S/C13H19FN2O/c1-8(15)12-11-9(6-7-16(12)2)4-5-10(14)13(11)17-3/h4-5,8,12H,6-7,15H2,1-3H3. The van der Waals surface area contributed by atoms with Gasteiger partial charge in [0.25, 0.3) is 0 Å². The van der Waals surface area contributed by atoms with Gasteiger partial charge in [0, 0.05) is 18.2 Å². The Hall–Kier alpha value is -1.13. The maximum atomic E-state index is 13.8. The molecule has 2 atom stereocenters. The molecule has 1 aliphatic rings. The van der Waals surface area contributed by atoms with Gasteiger partial charge in [-0.1, -0.05) is 6.07 Å². The first kappa shape index (κ1) is 12.3. The molecule has 0 saturated heterocycles. The topological polar surface area (TPSA) is 38.5 Å². The number of halogens is 1. The van der Waals surface area contributed by atoms with Crippen LogP contribution in [0.25, 0.3) is 0 Å². The maximum Gasteiger partial charge on any atom is 0.165 e. The predicted molar refractivity (Wildman–Crippen MR) is 65.7 cm³/mol. The maximum absolute atomic E-state index is 13.8. The van der Waals surface area contributed by atoms with Crippen molar-refractivity contribution in [1.29, 1.82) is 0 Å². The fourth-order valence-electron chi connectivity index (χ4n) is 2.68. The number of methoxy groups -OCH3 is 1. The molecule has 94 valence electrons. The van der Waals surface area contributed by atoms with Crippen LogP contribution in [-0.4, -0.2) is 31.6 Å². The molecule has 0 radical (unpaired) electrons. The van der Waals surface area contributed by atoms with Crippen molar-refractivity contribution in [3.05, 3.63) is 29.1 Å². The van der Waals surface area contributed by atoms with Crippen LogP contribution < -0.4 is 10.5 Å². The molecule has 17 heavy (non-hydrogen) atoms. The van der Waals surface area contributed by atoms with Gasteiger partial charge in [0.05, 0.1) is 13.2 Å². The smallest absolute Gasteiger partial charge is 0.165 e. The molecule has 1 heterocycles. The van der Waals surface area contributed by atoms with E-state index in [1.165, 1.54) is 13.2 Å². The summed E-state index contributed by atoms with van der Waals surface area (Å²) >= 11 is 0. The summed E-state index contributed by atoms with van der Waals surface area (Å²) in [5.74, 6) is 0.0311. The number of nitrogens with two attached hydrogens (primary N) is 1. The number of hydrogen-bond acceptors (Lipinski definition) is 3. The fourth-order valence-corrected chi connectivity index (χ4v) is 2.68. The Morgan fingerprint density at radius 2 is 2.24 bits per heavy atom. The van der Waals surface area contributed by atoms with Crippen molar-refractivity contribution in [3.8, 4) is 5.75 Å². The Morgan fingerprint density at radius 3 is 2.82 bits per heavy atom. The highest BCUT2D eigenvalue weighted by atomic mass is 19.1. The van der Waals surface area contributed by atoms with E-state index in [0.717, 1.165) is 24.1 Å². The van der Waals surface area contributed by atoms with Gasteiger partial charge >= 0.3 is 0 Å². The van der Waals surface area contributed by atoms with E-state index in [1.807, 2.05) is 20.0 Å². The number of ether oxygens (including phenoxy) is 1. The summed E-state index contributed by atoms with van der Waals surface area (Å²) in [6.45, 7) is 2.88. The minimum absolute atomic E-state index is 0.0180. The molecule has 1 aromatic carbocycles. The highest BCUT2D eigenvalue weighted by Gasteiger charge is 2.31. The van der Waals surface area contributed by atoms with Crippen LogP contribution in [0.15, 0.2) is 12.1 Å². The lowest BCUT2D eigenvalue weighted by atomic mass is 9.88. The van der Waals surface area contributed by atoms with E-state index < -0.39 is 0 Å². The molecule has 2 rings (SSSR count). The first-order chi connectivity index (χ1) is 8.06. The van der Waals surface area contributed by atoms with Crippen LogP contribution in [0.1, 0.15) is 24.1 Å². The molecule has 1 aromatic rings. The number of benzene rings is 1. The van der Waals surface area contributed by atoms with E-state index in [-0.39, 0.29) is 17.9 Å². The fraction of sp³-hybridized carbons (Fsp3) is 0.538. The van der Waals surface area contributed by atoms with E-state index in [2.05, 4.69) is 4.90 Å². The lowest BCUT2D eigenvalue weighted by Crippen LogP contribution is -2.42. The Bertz CT molecular complexity index is 420. The monoisotopic (exact) mass is 238 g/mol. The van der Waals surface area contributed by atoms with E-state index in [1.54, 1.807) is 0 Å². The minimum Gasteiger partial charge on any atom is -0.493 e. The lowest BCUT2D eigenvalue weighted by Gasteiger charge is -2.37. The van der Waals surface area contributed by atoms with Gasteiger partial charge < -0.3 is 10.5 Å². The molecule has 1 aliphatic heterocycles. The Morgan fingerprint density at radius 1 is 1.53 bits per heavy atom. The second-order valence-electron chi connectivity index (χ2n) is 4.69. The van der Waals surface area contributed by atoms with Crippen molar-refractivity contribution in [1.82, 2.24) is 4.90 Å². The molecule has 0 fully saturated rings. The summed E-state index contributed by atoms with van der Waals surface area (Å²) in [6, 6.07) is 3.27. The Labute approximate surface area is 101 Å². The average Bonchev–Trinajstić information content (AvgIpc) is 2.28. The molecule has 0 saturated carbocycles. The van der Waals surface area contributed by atoms with E-state index in [4.69, 9.17) is 10.5 Å². The second kappa shape index (κ2) is 4.63. The van der Waals surface area contributed by atoms with E-state index in [9.17, 15) is 4.39 Å². The largest absolute Gasteiger partial charge is 0.493 e. The van der Waals surface area contributed by atoms with Gasteiger partial charge in [-0.3, -0.25) is 4.90 Å². The lowest BCUT2D eigenvalue weighted by molar-refractivity contribution is 0.199. The van der Waals surface area contributed by atoms with Crippen LogP contribution in [0, 0.1) is 5.82 Å². The molecule has 2 N–H and O–H groups in total. The van der Waals surface area contributed by atoms with Gasteiger partial charge in [0.1, 0.15) is 0 Å². The highest BCUT2D eigenvalue weighted by Crippen LogP contribution is 2.38. The van der Waals surface area contributed by atoms with Gasteiger partial charge in [-0.25, -0.2) is 4.39 Å². The minimum atomic E-state index is -0.313. The van der Waals surface area contributed by atoms with Crippen molar-refractivity contribution >= 4 is 0 Å². The molecule has 0 spiro atoms. The number of nitrogens with zero attached hydrogens (tertiary/aromatic N) is 1. The van der Waals surface area contributed by atoms with Crippen LogP contribution in [-0.2, 0) is 6.42 Å². The van der Waals surface area contributed by atoms with Crippen LogP contribution in [0.3, 0.4) is 0 Å². The zero-order valence-corrected chi connectivity index (χ0v) is 10.5. The molecular weight excluding hydrogens is 219 g/mol. The average molecular weight is 238 g/mol. The Kier molecular flexibility index (Phi) is 3.35. The molecule has 3 nitrogen and oxygen atoms in total. The summed E-state index contributed by atoms with van der Waals surface area (Å²) in [5, 5.41) is 0.